The van der Waals surface area contributed by atoms with Crippen molar-refractivity contribution >= 4 is 27.2 Å². The molecule has 0 unspecified atom stereocenters. The molecule has 0 fully saturated rings. The van der Waals surface area contributed by atoms with Gasteiger partial charge >= 0.3 is 5.69 Å². The van der Waals surface area contributed by atoms with Gasteiger partial charge in [0.05, 0.1) is 29.9 Å². The molecule has 0 aliphatic carbocycles. The fraction of sp³-hybridized carbons (Fsp3) is 0.200. The molecule has 4 aromatic heterocycles. The van der Waals surface area contributed by atoms with Gasteiger partial charge in [0, 0.05) is 17.1 Å². The molecule has 0 aliphatic heterocycles. The lowest BCUT2D eigenvalue weighted by Crippen LogP contribution is -2.39. The molecule has 0 N–H and O–H groups in total. The predicted molar refractivity (Wildman–Crippen MR) is 133 cm³/mol. The van der Waals surface area contributed by atoms with E-state index in [1.165, 1.54) is 30.9 Å². The lowest BCUT2D eigenvalue weighted by Gasteiger charge is -2.13. The molecule has 0 radical (unpaired) electrons. The van der Waals surface area contributed by atoms with Crippen LogP contribution in [0.5, 0.6) is 5.75 Å². The Bertz CT molecular complexity index is 1730. The molecule has 5 rings (SSSR count). The Morgan fingerprint density at radius 3 is 2.53 bits per heavy atom. The summed E-state index contributed by atoms with van der Waals surface area (Å²) in [6.07, 6.45) is 1.65. The molecule has 0 bridgehead atoms. The molecule has 0 saturated heterocycles. The third-order valence-corrected chi connectivity index (χ3v) is 7.03. The largest absolute Gasteiger partial charge is 0.494 e. The van der Waals surface area contributed by atoms with Crippen LogP contribution in [-0.4, -0.2) is 25.1 Å². The highest BCUT2D eigenvalue weighted by Gasteiger charge is 2.20. The highest BCUT2D eigenvalue weighted by Crippen LogP contribution is 2.27. The van der Waals surface area contributed by atoms with Gasteiger partial charge in [0.2, 0.25) is 0 Å². The zero-order valence-electron chi connectivity index (χ0n) is 18.9. The van der Waals surface area contributed by atoms with Gasteiger partial charge in [-0.25, -0.2) is 14.3 Å². The smallest absolute Gasteiger partial charge is 0.337 e. The highest BCUT2D eigenvalue weighted by atomic mass is 32.1. The molecule has 0 amide bonds. The normalized spacial score (nSPS) is 11.4. The number of benzene rings is 1. The fourth-order valence-electron chi connectivity index (χ4n) is 4.03. The van der Waals surface area contributed by atoms with Crippen molar-refractivity contribution in [3.8, 4) is 11.4 Å². The molecular formula is C25H22N4O4S. The Morgan fingerprint density at radius 1 is 1.03 bits per heavy atom. The minimum Gasteiger partial charge on any atom is -0.494 e. The van der Waals surface area contributed by atoms with Gasteiger partial charge in [-0.2, -0.15) is 0 Å². The quantitative estimate of drug-likeness (QED) is 0.390. The molecule has 0 spiro atoms. The van der Waals surface area contributed by atoms with Gasteiger partial charge in [-0.15, -0.1) is 11.3 Å². The van der Waals surface area contributed by atoms with E-state index < -0.39 is 5.69 Å². The lowest BCUT2D eigenvalue weighted by molar-refractivity contribution is 0.340. The summed E-state index contributed by atoms with van der Waals surface area (Å²) in [6.45, 7) is 6.28. The van der Waals surface area contributed by atoms with Crippen LogP contribution >= 0.6 is 11.3 Å². The summed E-state index contributed by atoms with van der Waals surface area (Å²) in [5.41, 5.74) is 1.14. The Morgan fingerprint density at radius 2 is 1.79 bits per heavy atom. The van der Waals surface area contributed by atoms with Crippen LogP contribution in [0, 0.1) is 13.8 Å². The Labute approximate surface area is 197 Å². The van der Waals surface area contributed by atoms with Gasteiger partial charge in [-0.3, -0.25) is 18.6 Å². The first-order chi connectivity index (χ1) is 16.4. The van der Waals surface area contributed by atoms with E-state index in [2.05, 4.69) is 4.98 Å². The molecule has 172 valence electrons. The van der Waals surface area contributed by atoms with Crippen molar-refractivity contribution in [2.45, 2.75) is 27.3 Å². The monoisotopic (exact) mass is 474 g/mol. The van der Waals surface area contributed by atoms with Crippen molar-refractivity contribution in [1.82, 2.24) is 18.5 Å². The summed E-state index contributed by atoms with van der Waals surface area (Å²) in [5.74, 6) is 0.657. The molecule has 0 atom stereocenters. The second-order valence-electron chi connectivity index (χ2n) is 7.91. The number of aromatic nitrogens is 4. The first kappa shape index (κ1) is 21.8. The van der Waals surface area contributed by atoms with Gasteiger partial charge in [0.15, 0.2) is 0 Å². The van der Waals surface area contributed by atoms with E-state index in [0.29, 0.717) is 39.6 Å². The molecule has 8 nitrogen and oxygen atoms in total. The van der Waals surface area contributed by atoms with Crippen molar-refractivity contribution < 1.29 is 4.74 Å². The number of nitrogens with zero attached hydrogens (tertiary/aromatic N) is 4. The standard InChI is InChI=1S/C25H22N4O4S/c1-4-33-19-10-8-18(9-11-19)29-23(31)22-15(2)16(3)34-24(22)28(25(29)32)14-17-13-21(30)27-12-6-5-7-20(27)26-17/h5-13H,4,14H2,1-3H3. The van der Waals surface area contributed by atoms with Gasteiger partial charge < -0.3 is 4.74 Å². The number of ether oxygens (including phenoxy) is 1. The predicted octanol–water partition coefficient (Wildman–Crippen LogP) is 3.29. The third-order valence-electron chi connectivity index (χ3n) is 5.80. The van der Waals surface area contributed by atoms with Gasteiger partial charge in [0.1, 0.15) is 16.2 Å². The number of thiophene rings is 1. The zero-order valence-corrected chi connectivity index (χ0v) is 19.8. The van der Waals surface area contributed by atoms with Crippen LogP contribution in [0.1, 0.15) is 23.1 Å². The summed E-state index contributed by atoms with van der Waals surface area (Å²) in [7, 11) is 0. The molecule has 34 heavy (non-hydrogen) atoms. The lowest BCUT2D eigenvalue weighted by atomic mass is 10.2. The van der Waals surface area contributed by atoms with Crippen molar-refractivity contribution in [3.05, 3.63) is 102 Å². The number of hydrogen-bond acceptors (Lipinski definition) is 6. The number of rotatable bonds is 5. The summed E-state index contributed by atoms with van der Waals surface area (Å²) in [5, 5.41) is 0.494. The second-order valence-corrected chi connectivity index (χ2v) is 9.12. The van der Waals surface area contributed by atoms with E-state index in [1.807, 2.05) is 20.8 Å². The van der Waals surface area contributed by atoms with E-state index in [-0.39, 0.29) is 17.7 Å². The minimum absolute atomic E-state index is 0.0622. The molecule has 4 heterocycles. The van der Waals surface area contributed by atoms with Crippen LogP contribution in [0.4, 0.5) is 0 Å². The number of aryl methyl sites for hydroxylation is 2. The van der Waals surface area contributed by atoms with Crippen molar-refractivity contribution in [3.63, 3.8) is 0 Å². The molecule has 5 aromatic rings. The van der Waals surface area contributed by atoms with E-state index in [4.69, 9.17) is 4.74 Å². The SMILES string of the molecule is CCOc1ccc(-n2c(=O)c3c(C)c(C)sc3n(Cc3cc(=O)n4ccccc4n3)c2=O)cc1. The molecular weight excluding hydrogens is 452 g/mol. The van der Waals surface area contributed by atoms with E-state index >= 15 is 0 Å². The van der Waals surface area contributed by atoms with Crippen LogP contribution in [0.15, 0.2) is 69.1 Å². The van der Waals surface area contributed by atoms with Crippen LogP contribution in [0.2, 0.25) is 0 Å². The number of fused-ring (bicyclic) bond motifs is 2. The van der Waals surface area contributed by atoms with E-state index in [1.54, 1.807) is 48.7 Å². The average Bonchev–Trinajstić information content (AvgIpc) is 3.12. The molecule has 1 aromatic carbocycles. The second kappa shape index (κ2) is 8.42. The fourth-order valence-corrected chi connectivity index (χ4v) is 5.17. The maximum atomic E-state index is 13.7. The summed E-state index contributed by atoms with van der Waals surface area (Å²) >= 11 is 1.39. The van der Waals surface area contributed by atoms with Gasteiger partial charge in [-0.05, 0) is 62.7 Å². The summed E-state index contributed by atoms with van der Waals surface area (Å²) in [4.78, 5) is 45.9. The van der Waals surface area contributed by atoms with Crippen LogP contribution in [-0.2, 0) is 6.54 Å². The average molecular weight is 475 g/mol. The number of pyridine rings is 1. The Balaban J connectivity index is 1.75. The van der Waals surface area contributed by atoms with Gasteiger partial charge in [0.25, 0.3) is 11.1 Å². The third kappa shape index (κ3) is 3.54. The van der Waals surface area contributed by atoms with Crippen LogP contribution in [0.3, 0.4) is 0 Å². The maximum Gasteiger partial charge on any atom is 0.337 e. The van der Waals surface area contributed by atoms with Crippen molar-refractivity contribution in [1.29, 1.82) is 0 Å². The zero-order chi connectivity index (χ0) is 24.0. The highest BCUT2D eigenvalue weighted by molar-refractivity contribution is 7.18. The van der Waals surface area contributed by atoms with Crippen LogP contribution in [0.25, 0.3) is 21.6 Å². The Hall–Kier alpha value is -3.98. The number of hydrogen-bond donors (Lipinski definition) is 0. The molecule has 0 saturated carbocycles. The maximum absolute atomic E-state index is 13.7. The Kier molecular flexibility index (Phi) is 5.41. The molecule has 9 heteroatoms. The first-order valence-corrected chi connectivity index (χ1v) is 11.7. The summed E-state index contributed by atoms with van der Waals surface area (Å²) in [6, 6.07) is 13.6. The van der Waals surface area contributed by atoms with Gasteiger partial charge in [-0.1, -0.05) is 6.07 Å². The van der Waals surface area contributed by atoms with E-state index in [9.17, 15) is 14.4 Å². The van der Waals surface area contributed by atoms with Crippen molar-refractivity contribution in [2.75, 3.05) is 6.61 Å². The van der Waals surface area contributed by atoms with E-state index in [0.717, 1.165) is 10.4 Å². The topological polar surface area (TPSA) is 87.6 Å². The molecule has 0 aliphatic rings. The summed E-state index contributed by atoms with van der Waals surface area (Å²) < 4.78 is 9.64. The van der Waals surface area contributed by atoms with Crippen molar-refractivity contribution in [2.24, 2.45) is 0 Å². The minimum atomic E-state index is -0.488. The first-order valence-electron chi connectivity index (χ1n) is 10.8. The van der Waals surface area contributed by atoms with Crippen LogP contribution < -0.4 is 21.5 Å².